The fourth-order valence-electron chi connectivity index (χ4n) is 5.01. The number of carboxylic acids is 1. The molecule has 0 aliphatic rings. The van der Waals surface area contributed by atoms with Gasteiger partial charge in [0.15, 0.2) is 0 Å². The van der Waals surface area contributed by atoms with Gasteiger partial charge in [0.1, 0.15) is 0 Å². The van der Waals surface area contributed by atoms with Gasteiger partial charge in [-0.3, -0.25) is 9.69 Å². The number of carbonyl (C=O) groups is 1. The van der Waals surface area contributed by atoms with Crippen LogP contribution in [-0.4, -0.2) is 34.6 Å². The van der Waals surface area contributed by atoms with Crippen LogP contribution in [0.25, 0.3) is 0 Å². The summed E-state index contributed by atoms with van der Waals surface area (Å²) in [5, 5.41) is 8.52. The van der Waals surface area contributed by atoms with E-state index in [2.05, 4.69) is 46.4 Å². The zero-order chi connectivity index (χ0) is 27.3. The van der Waals surface area contributed by atoms with Gasteiger partial charge in [-0.2, -0.15) is 0 Å². The van der Waals surface area contributed by atoms with Crippen LogP contribution < -0.4 is 0 Å². The highest BCUT2D eigenvalue weighted by atomic mass is 16.4. The minimum atomic E-state index is -0.653. The molecule has 0 radical (unpaired) electrons. The minimum Gasteiger partial charge on any atom is -0.481 e. The fraction of sp³-hybridized carbons (Fsp3) is 0.970. The zero-order valence-corrected chi connectivity index (χ0v) is 25.9. The minimum absolute atomic E-state index is 0.345. The third-order valence-electron chi connectivity index (χ3n) is 7.34. The molecule has 0 rings (SSSR count). The Bertz CT molecular complexity index is 414. The summed E-state index contributed by atoms with van der Waals surface area (Å²) < 4.78 is 0. The van der Waals surface area contributed by atoms with E-state index in [0.717, 1.165) is 12.8 Å². The Morgan fingerprint density at radius 1 is 0.500 bits per heavy atom. The normalized spacial score (nSPS) is 11.4. The van der Waals surface area contributed by atoms with Crippen molar-refractivity contribution in [3.8, 4) is 0 Å². The van der Waals surface area contributed by atoms with Crippen molar-refractivity contribution in [3.05, 3.63) is 0 Å². The van der Waals surface area contributed by atoms with Crippen LogP contribution in [0.2, 0.25) is 0 Å². The average molecular weight is 512 g/mol. The molecule has 3 heteroatoms. The van der Waals surface area contributed by atoms with Crippen LogP contribution in [0.15, 0.2) is 0 Å². The summed E-state index contributed by atoms with van der Waals surface area (Å²) in [6.45, 7) is 15.1. The van der Waals surface area contributed by atoms with E-state index in [0.29, 0.717) is 18.5 Å². The Balaban J connectivity index is 0. The third-order valence-corrected chi connectivity index (χ3v) is 7.34. The molecule has 0 aromatic heterocycles. The molecule has 0 saturated carbocycles. The molecule has 0 aliphatic heterocycles. The maximum Gasteiger partial charge on any atom is 0.303 e. The number of unbranched alkanes of at least 4 members (excludes halogenated alkanes) is 20. The summed E-state index contributed by atoms with van der Waals surface area (Å²) >= 11 is 0. The van der Waals surface area contributed by atoms with Crippen molar-refractivity contribution >= 4 is 5.97 Å². The predicted octanol–water partition coefficient (Wildman–Crippen LogP) is 11.2. The molecule has 0 aliphatic carbocycles. The van der Waals surface area contributed by atoms with Gasteiger partial charge in [0.05, 0.1) is 0 Å². The molecular formula is C33H69NO2. The van der Waals surface area contributed by atoms with E-state index in [1.54, 1.807) is 0 Å². The molecule has 0 aromatic rings. The molecule has 1 N–H and O–H groups in total. The maximum absolute atomic E-state index is 10.3. The second kappa shape index (κ2) is 30.7. The first-order valence-electron chi connectivity index (χ1n) is 16.3. The highest BCUT2D eigenvalue weighted by Gasteiger charge is 2.11. The Morgan fingerprint density at radius 2 is 0.778 bits per heavy atom. The van der Waals surface area contributed by atoms with Crippen LogP contribution in [0, 0.1) is 0 Å². The first-order valence-corrected chi connectivity index (χ1v) is 16.3. The number of rotatable bonds is 26. The molecule has 0 spiro atoms. The van der Waals surface area contributed by atoms with Crippen molar-refractivity contribution < 1.29 is 9.90 Å². The molecule has 0 aromatic carbocycles. The SMILES string of the molecule is CCCCCCCCCCCCCCCCCC(=O)O.CCCCCCCCCN(C(C)C)C(C)C. The number of nitrogens with zero attached hydrogens (tertiary/aromatic N) is 1. The van der Waals surface area contributed by atoms with E-state index in [4.69, 9.17) is 5.11 Å². The number of aliphatic carboxylic acids is 1. The van der Waals surface area contributed by atoms with Gasteiger partial charge < -0.3 is 5.11 Å². The van der Waals surface area contributed by atoms with Crippen LogP contribution >= 0.6 is 0 Å². The third kappa shape index (κ3) is 31.5. The molecule has 0 atom stereocenters. The topological polar surface area (TPSA) is 40.5 Å². The molecule has 218 valence electrons. The first-order chi connectivity index (χ1) is 17.4. The monoisotopic (exact) mass is 512 g/mol. The van der Waals surface area contributed by atoms with Gasteiger partial charge in [0.25, 0.3) is 0 Å². The van der Waals surface area contributed by atoms with Crippen LogP contribution in [-0.2, 0) is 4.79 Å². The summed E-state index contributed by atoms with van der Waals surface area (Å²) in [4.78, 5) is 12.9. The van der Waals surface area contributed by atoms with E-state index >= 15 is 0 Å². The lowest BCUT2D eigenvalue weighted by Gasteiger charge is -2.30. The molecule has 3 nitrogen and oxygen atoms in total. The molecule has 0 saturated heterocycles. The standard InChI is InChI=1S/C18H36O2.C15H33N/c1-2-3-4-5-6-7-8-9-10-11-12-13-14-15-16-17-18(19)20;1-6-7-8-9-10-11-12-13-16(14(2)3)15(4)5/h2-17H2,1H3,(H,19,20);14-15H,6-13H2,1-5H3. The summed E-state index contributed by atoms with van der Waals surface area (Å²) in [7, 11) is 0. The first kappa shape index (κ1) is 37.6. The number of hydrogen-bond acceptors (Lipinski definition) is 2. The van der Waals surface area contributed by atoms with Crippen LogP contribution in [0.3, 0.4) is 0 Å². The number of carboxylic acid groups (broad SMARTS) is 1. The fourth-order valence-corrected chi connectivity index (χ4v) is 5.01. The Hall–Kier alpha value is -0.570. The molecule has 0 bridgehead atoms. The summed E-state index contributed by atoms with van der Waals surface area (Å²) in [6.07, 6.45) is 30.1. The molecule has 0 unspecified atom stereocenters. The molecule has 0 amide bonds. The van der Waals surface area contributed by atoms with Crippen molar-refractivity contribution in [3.63, 3.8) is 0 Å². The van der Waals surface area contributed by atoms with E-state index in [1.165, 1.54) is 135 Å². The predicted molar refractivity (Wildman–Crippen MR) is 162 cm³/mol. The molecular weight excluding hydrogens is 442 g/mol. The Kier molecular flexibility index (Phi) is 32.0. The molecule has 36 heavy (non-hydrogen) atoms. The second-order valence-corrected chi connectivity index (χ2v) is 11.6. The lowest BCUT2D eigenvalue weighted by molar-refractivity contribution is -0.137. The summed E-state index contributed by atoms with van der Waals surface area (Å²) in [5.74, 6) is -0.653. The van der Waals surface area contributed by atoms with Gasteiger partial charge in [-0.1, -0.05) is 142 Å². The van der Waals surface area contributed by atoms with Crippen molar-refractivity contribution in [2.75, 3.05) is 6.54 Å². The average Bonchev–Trinajstić information content (AvgIpc) is 2.83. The Labute approximate surface area is 228 Å². The molecule has 0 heterocycles. The van der Waals surface area contributed by atoms with Crippen LogP contribution in [0.1, 0.15) is 189 Å². The quantitative estimate of drug-likeness (QED) is 0.117. The van der Waals surface area contributed by atoms with Crippen molar-refractivity contribution in [2.45, 2.75) is 201 Å². The van der Waals surface area contributed by atoms with Crippen LogP contribution in [0.5, 0.6) is 0 Å². The van der Waals surface area contributed by atoms with Crippen molar-refractivity contribution in [1.29, 1.82) is 0 Å². The van der Waals surface area contributed by atoms with Gasteiger partial charge in [0.2, 0.25) is 0 Å². The van der Waals surface area contributed by atoms with Gasteiger partial charge in [0, 0.05) is 18.5 Å². The lowest BCUT2D eigenvalue weighted by Crippen LogP contribution is -2.37. The van der Waals surface area contributed by atoms with E-state index in [1.807, 2.05) is 0 Å². The summed E-state index contributed by atoms with van der Waals surface area (Å²) in [5.41, 5.74) is 0. The van der Waals surface area contributed by atoms with Gasteiger partial charge >= 0.3 is 5.97 Å². The summed E-state index contributed by atoms with van der Waals surface area (Å²) in [6, 6.07) is 1.39. The van der Waals surface area contributed by atoms with E-state index in [-0.39, 0.29) is 0 Å². The zero-order valence-electron chi connectivity index (χ0n) is 25.9. The van der Waals surface area contributed by atoms with Gasteiger partial charge in [-0.05, 0) is 47.1 Å². The highest BCUT2D eigenvalue weighted by Crippen LogP contribution is 2.14. The largest absolute Gasteiger partial charge is 0.481 e. The van der Waals surface area contributed by atoms with E-state index in [9.17, 15) is 4.79 Å². The van der Waals surface area contributed by atoms with Crippen molar-refractivity contribution in [2.24, 2.45) is 0 Å². The highest BCUT2D eigenvalue weighted by molar-refractivity contribution is 5.66. The maximum atomic E-state index is 10.3. The Morgan fingerprint density at radius 3 is 1.06 bits per heavy atom. The van der Waals surface area contributed by atoms with Crippen molar-refractivity contribution in [1.82, 2.24) is 4.90 Å². The van der Waals surface area contributed by atoms with Crippen LogP contribution in [0.4, 0.5) is 0 Å². The van der Waals surface area contributed by atoms with E-state index < -0.39 is 5.97 Å². The van der Waals surface area contributed by atoms with Gasteiger partial charge in [-0.25, -0.2) is 0 Å². The lowest BCUT2D eigenvalue weighted by atomic mass is 10.0. The molecule has 0 fully saturated rings. The number of hydrogen-bond donors (Lipinski definition) is 1. The smallest absolute Gasteiger partial charge is 0.303 e. The van der Waals surface area contributed by atoms with Gasteiger partial charge in [-0.15, -0.1) is 0 Å². The second-order valence-electron chi connectivity index (χ2n) is 11.6.